The number of benzene rings is 1. The number of nitrogens with one attached hydrogen (secondary N) is 1. The first-order chi connectivity index (χ1) is 9.13. The molecule has 1 aliphatic rings. The third-order valence-corrected chi connectivity index (χ3v) is 3.38. The first-order valence-electron chi connectivity index (χ1n) is 6.13. The first kappa shape index (κ1) is 13.7. The standard InChI is InChI=1S/C12H18N4O3/c1-19-10-4-5-15(8-10)7-9-2-3-11(14-13)12(6-9)16(17)18/h2-3,6,10,14H,4-5,7-8,13H2,1H3. The Hall–Kier alpha value is -1.70. The Bertz CT molecular complexity index is 466. The third kappa shape index (κ3) is 3.19. The summed E-state index contributed by atoms with van der Waals surface area (Å²) in [5, 5.41) is 10.9. The molecule has 19 heavy (non-hydrogen) atoms. The molecule has 0 aromatic heterocycles. The highest BCUT2D eigenvalue weighted by atomic mass is 16.6. The van der Waals surface area contributed by atoms with Crippen LogP contribution in [0.1, 0.15) is 12.0 Å². The molecule has 0 saturated carbocycles. The van der Waals surface area contributed by atoms with E-state index >= 15 is 0 Å². The molecule has 7 heteroatoms. The number of rotatable bonds is 5. The van der Waals surface area contributed by atoms with Crippen LogP contribution in [-0.4, -0.2) is 36.1 Å². The van der Waals surface area contributed by atoms with Gasteiger partial charge in [0.05, 0.1) is 11.0 Å². The number of likely N-dealkylation sites (tertiary alicyclic amines) is 1. The molecule has 0 radical (unpaired) electrons. The van der Waals surface area contributed by atoms with Crippen LogP contribution in [0.5, 0.6) is 0 Å². The lowest BCUT2D eigenvalue weighted by Gasteiger charge is -2.15. The van der Waals surface area contributed by atoms with Gasteiger partial charge in [-0.05, 0) is 18.1 Å². The number of hydrogen-bond donors (Lipinski definition) is 2. The lowest BCUT2D eigenvalue weighted by Crippen LogP contribution is -2.22. The van der Waals surface area contributed by atoms with Crippen molar-refractivity contribution in [2.24, 2.45) is 5.84 Å². The molecule has 1 aromatic rings. The molecule has 0 amide bonds. The molecule has 7 nitrogen and oxygen atoms in total. The van der Waals surface area contributed by atoms with Crippen molar-refractivity contribution in [2.45, 2.75) is 19.1 Å². The molecule has 1 fully saturated rings. The Morgan fingerprint density at radius 3 is 3.00 bits per heavy atom. The zero-order chi connectivity index (χ0) is 13.8. The molecule has 104 valence electrons. The van der Waals surface area contributed by atoms with Gasteiger partial charge in [0, 0.05) is 32.8 Å². The Morgan fingerprint density at radius 2 is 2.42 bits per heavy atom. The number of hydrogen-bond acceptors (Lipinski definition) is 6. The molecule has 0 spiro atoms. The molecule has 1 saturated heterocycles. The second kappa shape index (κ2) is 5.96. The summed E-state index contributed by atoms with van der Waals surface area (Å²) in [5.74, 6) is 5.26. The summed E-state index contributed by atoms with van der Waals surface area (Å²) in [6.07, 6.45) is 1.26. The Morgan fingerprint density at radius 1 is 1.63 bits per heavy atom. The molecule has 1 atom stereocenters. The molecule has 3 N–H and O–H groups in total. The molecule has 1 heterocycles. The monoisotopic (exact) mass is 266 g/mol. The van der Waals surface area contributed by atoms with Gasteiger partial charge in [-0.3, -0.25) is 20.9 Å². The smallest absolute Gasteiger partial charge is 0.293 e. The van der Waals surface area contributed by atoms with Crippen LogP contribution in [0.15, 0.2) is 18.2 Å². The Kier molecular flexibility index (Phi) is 4.31. The van der Waals surface area contributed by atoms with E-state index in [9.17, 15) is 10.1 Å². The van der Waals surface area contributed by atoms with Gasteiger partial charge in [0.1, 0.15) is 5.69 Å². The van der Waals surface area contributed by atoms with E-state index in [1.165, 1.54) is 0 Å². The van der Waals surface area contributed by atoms with Gasteiger partial charge in [0.25, 0.3) is 5.69 Å². The van der Waals surface area contributed by atoms with Crippen molar-refractivity contribution in [3.8, 4) is 0 Å². The molecular weight excluding hydrogens is 248 g/mol. The van der Waals surface area contributed by atoms with E-state index in [-0.39, 0.29) is 11.8 Å². The summed E-state index contributed by atoms with van der Waals surface area (Å²) in [4.78, 5) is 12.7. The summed E-state index contributed by atoms with van der Waals surface area (Å²) < 4.78 is 5.30. The van der Waals surface area contributed by atoms with Gasteiger partial charge in [-0.25, -0.2) is 0 Å². The van der Waals surface area contributed by atoms with E-state index in [1.54, 1.807) is 19.2 Å². The number of nitro benzene ring substituents is 1. The summed E-state index contributed by atoms with van der Waals surface area (Å²) in [7, 11) is 1.71. The average molecular weight is 266 g/mol. The number of anilines is 1. The van der Waals surface area contributed by atoms with E-state index in [0.29, 0.717) is 12.2 Å². The quantitative estimate of drug-likeness (QED) is 0.471. The van der Waals surface area contributed by atoms with Crippen LogP contribution in [0.3, 0.4) is 0 Å². The highest BCUT2D eigenvalue weighted by Crippen LogP contribution is 2.26. The fraction of sp³-hybridized carbons (Fsp3) is 0.500. The fourth-order valence-electron chi connectivity index (χ4n) is 2.34. The number of ether oxygens (including phenoxy) is 1. The van der Waals surface area contributed by atoms with Crippen molar-refractivity contribution < 1.29 is 9.66 Å². The maximum atomic E-state index is 10.9. The SMILES string of the molecule is COC1CCN(Cc2ccc(NN)c([N+](=O)[O-])c2)C1. The minimum atomic E-state index is -0.430. The van der Waals surface area contributed by atoms with Crippen molar-refractivity contribution in [1.29, 1.82) is 0 Å². The van der Waals surface area contributed by atoms with Gasteiger partial charge >= 0.3 is 0 Å². The minimum absolute atomic E-state index is 0.00230. The number of nitrogen functional groups attached to an aromatic ring is 1. The summed E-state index contributed by atoms with van der Waals surface area (Å²) in [6, 6.07) is 5.05. The van der Waals surface area contributed by atoms with Crippen LogP contribution in [0.2, 0.25) is 0 Å². The first-order valence-corrected chi connectivity index (χ1v) is 6.13. The normalized spacial score (nSPS) is 19.6. The van der Waals surface area contributed by atoms with Gasteiger partial charge in [-0.1, -0.05) is 6.07 Å². The third-order valence-electron chi connectivity index (χ3n) is 3.38. The van der Waals surface area contributed by atoms with Crippen LogP contribution in [0, 0.1) is 10.1 Å². The van der Waals surface area contributed by atoms with Gasteiger partial charge in [0.2, 0.25) is 0 Å². The van der Waals surface area contributed by atoms with Gasteiger partial charge in [-0.2, -0.15) is 0 Å². The fourth-order valence-corrected chi connectivity index (χ4v) is 2.34. The number of hydrazine groups is 1. The van der Waals surface area contributed by atoms with E-state index in [4.69, 9.17) is 10.6 Å². The Labute approximate surface area is 111 Å². The number of methoxy groups -OCH3 is 1. The highest BCUT2D eigenvalue weighted by Gasteiger charge is 2.22. The number of nitro groups is 1. The minimum Gasteiger partial charge on any atom is -0.380 e. The van der Waals surface area contributed by atoms with Crippen LogP contribution >= 0.6 is 0 Å². The second-order valence-electron chi connectivity index (χ2n) is 4.63. The lowest BCUT2D eigenvalue weighted by molar-refractivity contribution is -0.384. The van der Waals surface area contributed by atoms with Crippen LogP contribution in [0.4, 0.5) is 11.4 Å². The summed E-state index contributed by atoms with van der Waals surface area (Å²) in [5.41, 5.74) is 3.57. The number of nitrogens with zero attached hydrogens (tertiary/aromatic N) is 2. The van der Waals surface area contributed by atoms with Gasteiger partial charge in [-0.15, -0.1) is 0 Å². The highest BCUT2D eigenvalue weighted by molar-refractivity contribution is 5.61. The zero-order valence-corrected chi connectivity index (χ0v) is 10.8. The molecule has 1 aromatic carbocycles. The maximum absolute atomic E-state index is 10.9. The maximum Gasteiger partial charge on any atom is 0.293 e. The van der Waals surface area contributed by atoms with Crippen molar-refractivity contribution in [2.75, 3.05) is 25.6 Å². The van der Waals surface area contributed by atoms with Gasteiger partial charge < -0.3 is 10.2 Å². The predicted octanol–water partition coefficient (Wildman–Crippen LogP) is 1.10. The van der Waals surface area contributed by atoms with Crippen molar-refractivity contribution in [3.05, 3.63) is 33.9 Å². The van der Waals surface area contributed by atoms with Crippen LogP contribution in [0.25, 0.3) is 0 Å². The van der Waals surface area contributed by atoms with E-state index in [2.05, 4.69) is 10.3 Å². The number of nitrogens with two attached hydrogens (primary N) is 1. The van der Waals surface area contributed by atoms with Gasteiger partial charge in [0.15, 0.2) is 0 Å². The van der Waals surface area contributed by atoms with Crippen LogP contribution < -0.4 is 11.3 Å². The molecule has 1 aliphatic heterocycles. The molecule has 1 unspecified atom stereocenters. The van der Waals surface area contributed by atoms with E-state index in [1.807, 2.05) is 6.07 Å². The summed E-state index contributed by atoms with van der Waals surface area (Å²) >= 11 is 0. The Balaban J connectivity index is 2.09. The van der Waals surface area contributed by atoms with Crippen LogP contribution in [-0.2, 0) is 11.3 Å². The topological polar surface area (TPSA) is 93.7 Å². The van der Waals surface area contributed by atoms with Crippen molar-refractivity contribution >= 4 is 11.4 Å². The van der Waals surface area contributed by atoms with Crippen molar-refractivity contribution in [3.63, 3.8) is 0 Å². The molecule has 0 aliphatic carbocycles. The average Bonchev–Trinajstić information content (AvgIpc) is 2.86. The predicted molar refractivity (Wildman–Crippen MR) is 71.6 cm³/mol. The largest absolute Gasteiger partial charge is 0.380 e. The van der Waals surface area contributed by atoms with E-state index in [0.717, 1.165) is 25.1 Å². The lowest BCUT2D eigenvalue weighted by atomic mass is 10.1. The summed E-state index contributed by atoms with van der Waals surface area (Å²) in [6.45, 7) is 2.50. The second-order valence-corrected chi connectivity index (χ2v) is 4.63. The molecular formula is C12H18N4O3. The zero-order valence-electron chi connectivity index (χ0n) is 10.8. The van der Waals surface area contributed by atoms with Crippen molar-refractivity contribution in [1.82, 2.24) is 4.90 Å². The molecule has 2 rings (SSSR count). The van der Waals surface area contributed by atoms with E-state index < -0.39 is 4.92 Å². The molecule has 0 bridgehead atoms.